The molecule has 0 saturated carbocycles. The molecule has 2 atom stereocenters. The maximum atomic E-state index is 12.5. The number of amides is 1. The fourth-order valence-electron chi connectivity index (χ4n) is 3.36. The first-order chi connectivity index (χ1) is 10.4. The van der Waals surface area contributed by atoms with Crippen LogP contribution in [0.5, 0.6) is 0 Å². The number of nitrogens with zero attached hydrogens (tertiary/aromatic N) is 1. The highest BCUT2D eigenvalue weighted by Gasteiger charge is 2.34. The Labute approximate surface area is 139 Å². The smallest absolute Gasteiger partial charge is 0.342 e. The van der Waals surface area contributed by atoms with Crippen molar-refractivity contribution in [3.05, 3.63) is 35.4 Å². The van der Waals surface area contributed by atoms with E-state index in [0.717, 1.165) is 44.7 Å². The van der Waals surface area contributed by atoms with Crippen LogP contribution in [-0.4, -0.2) is 37.0 Å². The van der Waals surface area contributed by atoms with Crippen molar-refractivity contribution in [3.63, 3.8) is 0 Å². The zero-order valence-corrected chi connectivity index (χ0v) is 13.4. The summed E-state index contributed by atoms with van der Waals surface area (Å²) in [6.45, 7) is 3.50. The molecule has 2 unspecified atom stereocenters. The normalized spacial score (nSPS) is 24.0. The molecular weight excluding hydrogens is 329 g/mol. The second kappa shape index (κ2) is 7.09. The van der Waals surface area contributed by atoms with Gasteiger partial charge < -0.3 is 10.2 Å². The van der Waals surface area contributed by atoms with Gasteiger partial charge in [0.05, 0.1) is 12.0 Å². The van der Waals surface area contributed by atoms with Crippen LogP contribution >= 0.6 is 12.4 Å². The van der Waals surface area contributed by atoms with E-state index in [9.17, 15) is 18.0 Å². The van der Waals surface area contributed by atoms with Gasteiger partial charge in [0.15, 0.2) is 0 Å². The maximum absolute atomic E-state index is 12.5. The Hall–Kier alpha value is -1.27. The molecule has 2 fully saturated rings. The monoisotopic (exact) mass is 348 g/mol. The minimum Gasteiger partial charge on any atom is -0.342 e. The summed E-state index contributed by atoms with van der Waals surface area (Å²) in [6.07, 6.45) is -3.15. The molecule has 128 valence electrons. The van der Waals surface area contributed by atoms with Gasteiger partial charge in [-0.1, -0.05) is 12.1 Å². The van der Waals surface area contributed by atoms with Gasteiger partial charge in [0.25, 0.3) is 0 Å². The molecule has 2 aliphatic rings. The van der Waals surface area contributed by atoms with Gasteiger partial charge in [-0.25, -0.2) is 0 Å². The minimum absolute atomic E-state index is 0. The fraction of sp³-hybridized carbons (Fsp3) is 0.562. The molecule has 0 radical (unpaired) electrons. The van der Waals surface area contributed by atoms with E-state index in [1.807, 2.05) is 4.90 Å². The highest BCUT2D eigenvalue weighted by molar-refractivity contribution is 5.85. The molecule has 0 bridgehead atoms. The average molecular weight is 349 g/mol. The van der Waals surface area contributed by atoms with Gasteiger partial charge in [0.2, 0.25) is 5.91 Å². The SMILES string of the molecule is Cl.O=C(Cc1ccc(C(F)(F)F)cc1)N1CCC2CNCC2C1. The van der Waals surface area contributed by atoms with Crippen LogP contribution in [0.15, 0.2) is 24.3 Å². The lowest BCUT2D eigenvalue weighted by molar-refractivity contribution is -0.137. The molecule has 0 aliphatic carbocycles. The van der Waals surface area contributed by atoms with Gasteiger partial charge in [-0.3, -0.25) is 4.79 Å². The number of alkyl halides is 3. The van der Waals surface area contributed by atoms with Crippen molar-refractivity contribution in [2.75, 3.05) is 26.2 Å². The Balaban J connectivity index is 0.00000192. The topological polar surface area (TPSA) is 32.3 Å². The molecule has 2 saturated heterocycles. The lowest BCUT2D eigenvalue weighted by Crippen LogP contribution is -2.44. The first-order valence-corrected chi connectivity index (χ1v) is 7.58. The molecule has 1 N–H and O–H groups in total. The first kappa shape index (κ1) is 18.1. The molecule has 7 heteroatoms. The predicted octanol–water partition coefficient (Wildman–Crippen LogP) is 2.74. The van der Waals surface area contributed by atoms with Gasteiger partial charge in [-0.05, 0) is 49.0 Å². The lowest BCUT2D eigenvalue weighted by atomic mass is 9.88. The number of halogens is 4. The van der Waals surface area contributed by atoms with Crippen molar-refractivity contribution in [2.24, 2.45) is 11.8 Å². The van der Waals surface area contributed by atoms with Gasteiger partial charge in [-0.15, -0.1) is 12.4 Å². The third kappa shape index (κ3) is 4.18. The standard InChI is InChI=1S/C16H19F3N2O.ClH/c17-16(18,19)14-3-1-11(2-4-14)7-15(22)21-6-5-12-8-20-9-13(12)10-21;/h1-4,12-13,20H,5-10H2;1H. The van der Waals surface area contributed by atoms with Gasteiger partial charge >= 0.3 is 6.18 Å². The van der Waals surface area contributed by atoms with E-state index in [1.165, 1.54) is 12.1 Å². The van der Waals surface area contributed by atoms with Crippen molar-refractivity contribution in [1.82, 2.24) is 10.2 Å². The largest absolute Gasteiger partial charge is 0.416 e. The minimum atomic E-state index is -4.33. The number of rotatable bonds is 2. The Morgan fingerprint density at radius 1 is 1.17 bits per heavy atom. The number of piperidine rings is 1. The Morgan fingerprint density at radius 3 is 2.48 bits per heavy atom. The fourth-order valence-corrected chi connectivity index (χ4v) is 3.36. The predicted molar refractivity (Wildman–Crippen MR) is 83.4 cm³/mol. The molecule has 2 heterocycles. The van der Waals surface area contributed by atoms with Gasteiger partial charge in [0, 0.05) is 13.1 Å². The number of fused-ring (bicyclic) bond motifs is 1. The molecule has 23 heavy (non-hydrogen) atoms. The molecule has 1 amide bonds. The van der Waals surface area contributed by atoms with Crippen molar-refractivity contribution in [1.29, 1.82) is 0 Å². The van der Waals surface area contributed by atoms with E-state index in [1.54, 1.807) is 0 Å². The average Bonchev–Trinajstić information content (AvgIpc) is 2.94. The summed E-state index contributed by atoms with van der Waals surface area (Å²) in [7, 11) is 0. The summed E-state index contributed by atoms with van der Waals surface area (Å²) < 4.78 is 37.5. The van der Waals surface area contributed by atoms with Crippen LogP contribution in [0.1, 0.15) is 17.5 Å². The summed E-state index contributed by atoms with van der Waals surface area (Å²) in [4.78, 5) is 14.2. The van der Waals surface area contributed by atoms with Crippen LogP contribution in [-0.2, 0) is 17.4 Å². The van der Waals surface area contributed by atoms with Crippen LogP contribution in [0.2, 0.25) is 0 Å². The summed E-state index contributed by atoms with van der Waals surface area (Å²) >= 11 is 0. The molecule has 1 aromatic rings. The van der Waals surface area contributed by atoms with Crippen molar-refractivity contribution in [2.45, 2.75) is 19.0 Å². The van der Waals surface area contributed by atoms with Crippen molar-refractivity contribution in [3.8, 4) is 0 Å². The Morgan fingerprint density at radius 2 is 1.83 bits per heavy atom. The first-order valence-electron chi connectivity index (χ1n) is 7.58. The van der Waals surface area contributed by atoms with Crippen LogP contribution in [0.25, 0.3) is 0 Å². The van der Waals surface area contributed by atoms with Crippen LogP contribution in [0.3, 0.4) is 0 Å². The molecule has 3 rings (SSSR count). The molecular formula is C16H20ClF3N2O. The van der Waals surface area contributed by atoms with Crippen LogP contribution < -0.4 is 5.32 Å². The molecule has 0 aromatic heterocycles. The maximum Gasteiger partial charge on any atom is 0.416 e. The number of nitrogens with one attached hydrogen (secondary N) is 1. The zero-order chi connectivity index (χ0) is 15.7. The molecule has 3 nitrogen and oxygen atoms in total. The third-order valence-electron chi connectivity index (χ3n) is 4.69. The number of likely N-dealkylation sites (tertiary alicyclic amines) is 1. The van der Waals surface area contributed by atoms with E-state index in [0.29, 0.717) is 17.4 Å². The lowest BCUT2D eigenvalue weighted by Gasteiger charge is -2.34. The summed E-state index contributed by atoms with van der Waals surface area (Å²) in [5.41, 5.74) is -0.0498. The molecule has 2 aliphatic heterocycles. The second-order valence-corrected chi connectivity index (χ2v) is 6.18. The number of hydrogen-bond donors (Lipinski definition) is 1. The van der Waals surface area contributed by atoms with Crippen molar-refractivity contribution < 1.29 is 18.0 Å². The van der Waals surface area contributed by atoms with E-state index in [-0.39, 0.29) is 24.7 Å². The summed E-state index contributed by atoms with van der Waals surface area (Å²) in [5, 5.41) is 3.35. The quantitative estimate of drug-likeness (QED) is 0.891. The zero-order valence-electron chi connectivity index (χ0n) is 12.6. The third-order valence-corrected chi connectivity index (χ3v) is 4.69. The summed E-state index contributed by atoms with van der Waals surface area (Å²) in [6, 6.07) is 4.86. The Bertz CT molecular complexity index is 547. The van der Waals surface area contributed by atoms with E-state index >= 15 is 0 Å². The van der Waals surface area contributed by atoms with Crippen molar-refractivity contribution >= 4 is 18.3 Å². The van der Waals surface area contributed by atoms with E-state index in [2.05, 4.69) is 5.32 Å². The number of hydrogen-bond acceptors (Lipinski definition) is 2. The molecule has 1 aromatic carbocycles. The van der Waals surface area contributed by atoms with Crippen LogP contribution in [0, 0.1) is 11.8 Å². The van der Waals surface area contributed by atoms with E-state index < -0.39 is 11.7 Å². The van der Waals surface area contributed by atoms with Gasteiger partial charge in [-0.2, -0.15) is 13.2 Å². The molecule has 0 spiro atoms. The number of carbonyl (C=O) groups is 1. The van der Waals surface area contributed by atoms with Crippen LogP contribution in [0.4, 0.5) is 13.2 Å². The highest BCUT2D eigenvalue weighted by Crippen LogP contribution is 2.29. The number of carbonyl (C=O) groups excluding carboxylic acids is 1. The Kier molecular flexibility index (Phi) is 5.57. The second-order valence-electron chi connectivity index (χ2n) is 6.18. The van der Waals surface area contributed by atoms with E-state index in [4.69, 9.17) is 0 Å². The number of benzene rings is 1. The highest BCUT2D eigenvalue weighted by atomic mass is 35.5. The van der Waals surface area contributed by atoms with Gasteiger partial charge in [0.1, 0.15) is 0 Å². The summed E-state index contributed by atoms with van der Waals surface area (Å²) in [5.74, 6) is 1.19.